The zero-order valence-corrected chi connectivity index (χ0v) is 7.24. The first kappa shape index (κ1) is 8.54. The van der Waals surface area contributed by atoms with Crippen molar-refractivity contribution in [2.24, 2.45) is 0 Å². The Morgan fingerprint density at radius 1 is 0.333 bits per heavy atom. The van der Waals surface area contributed by atoms with Gasteiger partial charge in [0, 0.05) is 0 Å². The number of rotatable bonds is 0. The fraction of sp³-hybridized carbons (Fsp3) is 0. The van der Waals surface area contributed by atoms with E-state index < -0.39 is 0 Å². The Bertz CT molecular complexity index is 421. The number of hydrogen-bond acceptors (Lipinski definition) is 0. The quantitative estimate of drug-likeness (QED) is 0.413. The van der Waals surface area contributed by atoms with E-state index >= 15 is 0 Å². The Labute approximate surface area is 71.5 Å². The molecule has 0 heteroatoms. The topological polar surface area (TPSA) is 0 Å². The Morgan fingerprint density at radius 3 is 0.500 bits per heavy atom. The van der Waals surface area contributed by atoms with Crippen molar-refractivity contribution in [3.05, 3.63) is 31.3 Å². The maximum atomic E-state index is 3.85. The molecule has 0 N–H and O–H groups in total. The maximum Gasteiger partial charge on any atom is -0.0183 e. The molecular formula is C12H12. The minimum Gasteiger partial charge on any atom is -0.0906 e. The Morgan fingerprint density at radius 2 is 0.417 bits per heavy atom. The molecule has 0 heterocycles. The molecule has 0 saturated carbocycles. The van der Waals surface area contributed by atoms with Gasteiger partial charge in [-0.1, -0.05) is 39.5 Å². The van der Waals surface area contributed by atoms with Crippen LogP contribution in [0.1, 0.15) is 0 Å². The Hall–Kier alpha value is -1.56. The molecular weight excluding hydrogens is 144 g/mol. The van der Waals surface area contributed by atoms with E-state index in [1.165, 1.54) is 0 Å². The lowest BCUT2D eigenvalue weighted by atomic mass is 10.1. The van der Waals surface area contributed by atoms with Crippen LogP contribution in [0.15, 0.2) is 0 Å². The fourth-order valence-electron chi connectivity index (χ4n) is 1.09. The third-order valence-corrected chi connectivity index (χ3v) is 2.19. The van der Waals surface area contributed by atoms with E-state index in [4.69, 9.17) is 0 Å². The summed E-state index contributed by atoms with van der Waals surface area (Å²) in [6, 6.07) is 0. The van der Waals surface area contributed by atoms with Gasteiger partial charge in [0.25, 0.3) is 0 Å². The molecule has 12 heavy (non-hydrogen) atoms. The summed E-state index contributed by atoms with van der Waals surface area (Å²) in [5.74, 6) is 0. The molecule has 0 aliphatic rings. The van der Waals surface area contributed by atoms with Crippen molar-refractivity contribution in [1.82, 2.24) is 0 Å². The van der Waals surface area contributed by atoms with Gasteiger partial charge in [0.1, 0.15) is 0 Å². The highest BCUT2D eigenvalue weighted by Crippen LogP contribution is 1.31. The summed E-state index contributed by atoms with van der Waals surface area (Å²) in [6.45, 7) is 23.1. The van der Waals surface area contributed by atoms with Crippen LogP contribution in [-0.4, -0.2) is 0 Å². The van der Waals surface area contributed by atoms with Crippen molar-refractivity contribution in [3.63, 3.8) is 0 Å². The van der Waals surface area contributed by atoms with Gasteiger partial charge in [-0.25, -0.2) is 0 Å². The van der Waals surface area contributed by atoms with Gasteiger partial charge in [-0.2, -0.15) is 0 Å². The highest BCUT2D eigenvalue weighted by atomic mass is 13.9. The molecule has 0 bridgehead atoms. The minimum absolute atomic E-state index is 0.817. The molecule has 1 aromatic rings. The number of hydrogen-bond donors (Lipinski definition) is 0. The van der Waals surface area contributed by atoms with Crippen LogP contribution < -0.4 is 31.3 Å². The van der Waals surface area contributed by atoms with Crippen molar-refractivity contribution in [1.29, 1.82) is 0 Å². The normalized spacial score (nSPS) is 10.0. The third kappa shape index (κ3) is 0.928. The third-order valence-electron chi connectivity index (χ3n) is 2.19. The summed E-state index contributed by atoms with van der Waals surface area (Å²) in [7, 11) is 0. The summed E-state index contributed by atoms with van der Waals surface area (Å²) >= 11 is 0. The molecule has 0 unspecified atom stereocenters. The highest BCUT2D eigenvalue weighted by molar-refractivity contribution is 5.29. The van der Waals surface area contributed by atoms with Crippen LogP contribution in [0, 0.1) is 0 Å². The number of benzene rings is 1. The summed E-state index contributed by atoms with van der Waals surface area (Å²) in [4.78, 5) is 0. The van der Waals surface area contributed by atoms with E-state index in [0.29, 0.717) is 0 Å². The Kier molecular flexibility index (Phi) is 1.77. The van der Waals surface area contributed by atoms with Crippen molar-refractivity contribution in [2.75, 3.05) is 0 Å². The van der Waals surface area contributed by atoms with Crippen LogP contribution in [-0.2, 0) is 0 Å². The van der Waals surface area contributed by atoms with Crippen molar-refractivity contribution in [3.8, 4) is 0 Å². The van der Waals surface area contributed by atoms with Crippen LogP contribution in [0.3, 0.4) is 0 Å². The molecule has 0 saturated heterocycles. The second kappa shape index (κ2) is 2.49. The van der Waals surface area contributed by atoms with Crippen molar-refractivity contribution in [2.45, 2.75) is 0 Å². The molecule has 60 valence electrons. The molecule has 1 aromatic carbocycles. The van der Waals surface area contributed by atoms with Crippen LogP contribution >= 0.6 is 0 Å². The van der Waals surface area contributed by atoms with E-state index in [-0.39, 0.29) is 0 Å². The smallest absolute Gasteiger partial charge is 0.0183 e. The monoisotopic (exact) mass is 156 g/mol. The van der Waals surface area contributed by atoms with Crippen LogP contribution in [0.5, 0.6) is 0 Å². The first-order chi connectivity index (χ1) is 5.46. The van der Waals surface area contributed by atoms with E-state index in [2.05, 4.69) is 39.5 Å². The molecule has 0 amide bonds. The van der Waals surface area contributed by atoms with Crippen LogP contribution in [0.25, 0.3) is 39.5 Å². The average molecular weight is 156 g/mol. The highest BCUT2D eigenvalue weighted by Gasteiger charge is 1.88. The summed E-state index contributed by atoms with van der Waals surface area (Å²) in [5.41, 5.74) is 0. The van der Waals surface area contributed by atoms with Gasteiger partial charge >= 0.3 is 0 Å². The molecule has 0 radical (unpaired) electrons. The van der Waals surface area contributed by atoms with Crippen LogP contribution in [0.2, 0.25) is 0 Å². The van der Waals surface area contributed by atoms with Gasteiger partial charge < -0.3 is 0 Å². The first-order valence-electron chi connectivity index (χ1n) is 3.62. The zero-order chi connectivity index (χ0) is 9.46. The standard InChI is InChI=1S/C12H12/c1-7-8(2)10(4)12(6)11(5)9(7)3/h1-6H2. The summed E-state index contributed by atoms with van der Waals surface area (Å²) < 4.78 is 0. The molecule has 0 aromatic heterocycles. The predicted octanol–water partition coefficient (Wildman–Crippen LogP) is -1.85. The van der Waals surface area contributed by atoms with E-state index in [0.717, 1.165) is 31.3 Å². The largest absolute Gasteiger partial charge is 0.0906 e. The lowest BCUT2D eigenvalue weighted by Gasteiger charge is -1.92. The van der Waals surface area contributed by atoms with Gasteiger partial charge in [0.2, 0.25) is 0 Å². The first-order valence-corrected chi connectivity index (χ1v) is 3.62. The zero-order valence-electron chi connectivity index (χ0n) is 7.24. The summed E-state index contributed by atoms with van der Waals surface area (Å²) in [6.07, 6.45) is 0. The van der Waals surface area contributed by atoms with E-state index in [9.17, 15) is 0 Å². The maximum absolute atomic E-state index is 3.85. The van der Waals surface area contributed by atoms with Gasteiger partial charge in [0.05, 0.1) is 0 Å². The predicted molar refractivity (Wildman–Crippen MR) is 57.3 cm³/mol. The minimum atomic E-state index is 0.817. The molecule has 0 aliphatic carbocycles. The lowest BCUT2D eigenvalue weighted by molar-refractivity contribution is 1.34. The molecule has 1 rings (SSSR count). The average Bonchev–Trinajstić information content (AvgIpc) is 2.08. The van der Waals surface area contributed by atoms with E-state index in [1.807, 2.05) is 0 Å². The fourth-order valence-corrected chi connectivity index (χ4v) is 1.09. The lowest BCUT2D eigenvalue weighted by Crippen LogP contribution is -2.62. The Balaban J connectivity index is 4.48. The molecule has 0 atom stereocenters. The van der Waals surface area contributed by atoms with E-state index in [1.54, 1.807) is 0 Å². The molecule has 0 fully saturated rings. The van der Waals surface area contributed by atoms with Gasteiger partial charge in [0.15, 0.2) is 0 Å². The van der Waals surface area contributed by atoms with Gasteiger partial charge in [-0.15, -0.1) is 0 Å². The van der Waals surface area contributed by atoms with Crippen molar-refractivity contribution >= 4 is 39.5 Å². The van der Waals surface area contributed by atoms with Gasteiger partial charge in [-0.05, 0) is 31.3 Å². The molecule has 0 spiro atoms. The van der Waals surface area contributed by atoms with Gasteiger partial charge in [-0.3, -0.25) is 0 Å². The second-order valence-corrected chi connectivity index (χ2v) is 2.87. The SMILES string of the molecule is C=c1c(=C)c(=C)c(=C)c(=C)c1=C. The second-order valence-electron chi connectivity index (χ2n) is 2.87. The van der Waals surface area contributed by atoms with Crippen LogP contribution in [0.4, 0.5) is 0 Å². The molecule has 0 aliphatic heterocycles. The van der Waals surface area contributed by atoms with Crippen molar-refractivity contribution < 1.29 is 0 Å². The summed E-state index contributed by atoms with van der Waals surface area (Å²) in [5, 5.41) is 4.90. The molecule has 0 nitrogen and oxygen atoms in total.